The largest absolute Gasteiger partial charge is 0.352 e. The molecule has 2 fully saturated rings. The van der Waals surface area contributed by atoms with Gasteiger partial charge in [-0.2, -0.15) is 0 Å². The van der Waals surface area contributed by atoms with Crippen molar-refractivity contribution in [2.45, 2.75) is 44.7 Å². The molecular formula is C10H18N2O. The Morgan fingerprint density at radius 2 is 2.38 bits per heavy atom. The van der Waals surface area contributed by atoms with Crippen molar-refractivity contribution in [2.24, 2.45) is 5.92 Å². The second kappa shape index (κ2) is 3.66. The molecule has 2 aliphatic rings. The van der Waals surface area contributed by atoms with Gasteiger partial charge in [-0.15, -0.1) is 0 Å². The van der Waals surface area contributed by atoms with E-state index in [0.717, 1.165) is 18.9 Å². The summed E-state index contributed by atoms with van der Waals surface area (Å²) in [4.78, 5) is 11.3. The summed E-state index contributed by atoms with van der Waals surface area (Å²) in [6, 6.07) is 0.976. The Labute approximate surface area is 79.3 Å². The molecule has 1 aliphatic carbocycles. The lowest BCUT2D eigenvalue weighted by atomic mass is 10.1. The summed E-state index contributed by atoms with van der Waals surface area (Å²) in [7, 11) is 0. The van der Waals surface area contributed by atoms with Crippen LogP contribution in [0.4, 0.5) is 0 Å². The Hall–Kier alpha value is -0.570. The standard InChI is InChI=1S/C10H18N2O/c1-2-3-10(13)12-9-5-7-4-8(9)11-6-7/h7-9,11H,2-6H2,1H3,(H,12,13). The van der Waals surface area contributed by atoms with Crippen molar-refractivity contribution in [3.63, 3.8) is 0 Å². The van der Waals surface area contributed by atoms with E-state index in [4.69, 9.17) is 0 Å². The Morgan fingerprint density at radius 3 is 2.92 bits per heavy atom. The van der Waals surface area contributed by atoms with Gasteiger partial charge < -0.3 is 10.6 Å². The molecule has 1 saturated carbocycles. The number of fused-ring (bicyclic) bond motifs is 2. The first kappa shape index (κ1) is 9.00. The number of carbonyl (C=O) groups excluding carboxylic acids is 1. The predicted octanol–water partition coefficient (Wildman–Crippen LogP) is 0.653. The number of hydrogen-bond donors (Lipinski definition) is 2. The Balaban J connectivity index is 1.79. The second-order valence-corrected chi connectivity index (χ2v) is 4.28. The van der Waals surface area contributed by atoms with E-state index in [-0.39, 0.29) is 5.91 Å². The van der Waals surface area contributed by atoms with Crippen LogP contribution >= 0.6 is 0 Å². The van der Waals surface area contributed by atoms with Gasteiger partial charge in [0.05, 0.1) is 0 Å². The fraction of sp³-hybridized carbons (Fsp3) is 0.900. The quantitative estimate of drug-likeness (QED) is 0.673. The van der Waals surface area contributed by atoms with Crippen LogP contribution in [0.25, 0.3) is 0 Å². The number of nitrogens with one attached hydrogen (secondary N) is 2. The van der Waals surface area contributed by atoms with Crippen LogP contribution in [0.2, 0.25) is 0 Å². The topological polar surface area (TPSA) is 41.1 Å². The van der Waals surface area contributed by atoms with Gasteiger partial charge in [-0.25, -0.2) is 0 Å². The molecule has 0 aromatic rings. The first-order valence-electron chi connectivity index (χ1n) is 5.32. The van der Waals surface area contributed by atoms with Crippen molar-refractivity contribution in [3.8, 4) is 0 Å². The van der Waals surface area contributed by atoms with Crippen LogP contribution < -0.4 is 10.6 Å². The van der Waals surface area contributed by atoms with Gasteiger partial charge in [0.2, 0.25) is 5.91 Å². The van der Waals surface area contributed by atoms with E-state index in [1.54, 1.807) is 0 Å². The van der Waals surface area contributed by atoms with Gasteiger partial charge >= 0.3 is 0 Å². The lowest BCUT2D eigenvalue weighted by Crippen LogP contribution is -2.47. The van der Waals surface area contributed by atoms with Crippen molar-refractivity contribution >= 4 is 5.91 Å². The zero-order valence-electron chi connectivity index (χ0n) is 8.18. The Bertz CT molecular complexity index is 205. The first-order chi connectivity index (χ1) is 6.29. The fourth-order valence-electron chi connectivity index (χ4n) is 2.52. The highest BCUT2D eigenvalue weighted by Gasteiger charge is 2.39. The molecule has 0 aromatic carbocycles. The molecule has 13 heavy (non-hydrogen) atoms. The minimum atomic E-state index is 0.224. The third kappa shape index (κ3) is 1.85. The van der Waals surface area contributed by atoms with Crippen LogP contribution in [0.5, 0.6) is 0 Å². The molecule has 3 nitrogen and oxygen atoms in total. The van der Waals surface area contributed by atoms with E-state index in [2.05, 4.69) is 10.6 Å². The van der Waals surface area contributed by atoms with Gasteiger partial charge in [0.1, 0.15) is 0 Å². The molecule has 1 heterocycles. The predicted molar refractivity (Wildman–Crippen MR) is 51.4 cm³/mol. The molecule has 1 aliphatic heterocycles. The Morgan fingerprint density at radius 1 is 1.54 bits per heavy atom. The fourth-order valence-corrected chi connectivity index (χ4v) is 2.52. The molecule has 2 rings (SSSR count). The highest BCUT2D eigenvalue weighted by Crippen LogP contribution is 2.30. The molecule has 3 heteroatoms. The van der Waals surface area contributed by atoms with E-state index in [1.807, 2.05) is 6.92 Å². The summed E-state index contributed by atoms with van der Waals surface area (Å²) in [5.41, 5.74) is 0. The van der Waals surface area contributed by atoms with Gasteiger partial charge in [0.25, 0.3) is 0 Å². The van der Waals surface area contributed by atoms with Crippen molar-refractivity contribution in [3.05, 3.63) is 0 Å². The average Bonchev–Trinajstić information content (AvgIpc) is 2.65. The normalized spacial score (nSPS) is 36.5. The van der Waals surface area contributed by atoms with Crippen LogP contribution in [-0.4, -0.2) is 24.5 Å². The van der Waals surface area contributed by atoms with Crippen molar-refractivity contribution in [1.82, 2.24) is 10.6 Å². The summed E-state index contributed by atoms with van der Waals surface area (Å²) >= 11 is 0. The van der Waals surface area contributed by atoms with Crippen molar-refractivity contribution in [1.29, 1.82) is 0 Å². The number of piperidine rings is 1. The zero-order valence-corrected chi connectivity index (χ0v) is 8.18. The maximum Gasteiger partial charge on any atom is 0.220 e. The van der Waals surface area contributed by atoms with Gasteiger partial charge in [0, 0.05) is 18.5 Å². The van der Waals surface area contributed by atoms with Crippen LogP contribution in [0, 0.1) is 5.92 Å². The van der Waals surface area contributed by atoms with Crippen LogP contribution in [0.1, 0.15) is 32.6 Å². The van der Waals surface area contributed by atoms with Gasteiger partial charge in [-0.3, -0.25) is 4.79 Å². The number of hydrogen-bond acceptors (Lipinski definition) is 2. The zero-order chi connectivity index (χ0) is 9.26. The Kier molecular flexibility index (Phi) is 2.54. The molecule has 0 radical (unpaired) electrons. The third-order valence-corrected chi connectivity index (χ3v) is 3.15. The summed E-state index contributed by atoms with van der Waals surface area (Å²) in [5.74, 6) is 1.04. The minimum Gasteiger partial charge on any atom is -0.352 e. The van der Waals surface area contributed by atoms with Gasteiger partial charge in [0.15, 0.2) is 0 Å². The smallest absolute Gasteiger partial charge is 0.220 e. The number of rotatable bonds is 3. The van der Waals surface area contributed by atoms with Crippen molar-refractivity contribution in [2.75, 3.05) is 6.54 Å². The van der Waals surface area contributed by atoms with E-state index in [1.165, 1.54) is 12.8 Å². The number of amides is 1. The molecule has 3 unspecified atom stereocenters. The summed E-state index contributed by atoms with van der Waals surface area (Å²) in [6.07, 6.45) is 4.07. The molecule has 2 N–H and O–H groups in total. The molecule has 2 bridgehead atoms. The van der Waals surface area contributed by atoms with Crippen LogP contribution in [0.3, 0.4) is 0 Å². The molecular weight excluding hydrogens is 164 g/mol. The van der Waals surface area contributed by atoms with E-state index >= 15 is 0 Å². The lowest BCUT2D eigenvalue weighted by Gasteiger charge is -2.23. The molecule has 0 spiro atoms. The monoisotopic (exact) mass is 182 g/mol. The summed E-state index contributed by atoms with van der Waals surface area (Å²) in [5, 5.41) is 6.55. The average molecular weight is 182 g/mol. The van der Waals surface area contributed by atoms with Crippen LogP contribution in [-0.2, 0) is 4.79 Å². The van der Waals surface area contributed by atoms with Crippen LogP contribution in [0.15, 0.2) is 0 Å². The van der Waals surface area contributed by atoms with E-state index in [9.17, 15) is 4.79 Å². The molecule has 74 valence electrons. The summed E-state index contributed by atoms with van der Waals surface area (Å²) < 4.78 is 0. The maximum atomic E-state index is 11.3. The van der Waals surface area contributed by atoms with Gasteiger partial charge in [-0.1, -0.05) is 6.92 Å². The van der Waals surface area contributed by atoms with Crippen molar-refractivity contribution < 1.29 is 4.79 Å². The number of carbonyl (C=O) groups is 1. The molecule has 1 saturated heterocycles. The second-order valence-electron chi connectivity index (χ2n) is 4.28. The highest BCUT2D eigenvalue weighted by molar-refractivity contribution is 5.76. The van der Waals surface area contributed by atoms with Gasteiger partial charge in [-0.05, 0) is 31.7 Å². The maximum absolute atomic E-state index is 11.3. The molecule has 0 aromatic heterocycles. The first-order valence-corrected chi connectivity index (χ1v) is 5.32. The minimum absolute atomic E-state index is 0.224. The van der Waals surface area contributed by atoms with E-state index < -0.39 is 0 Å². The highest BCUT2D eigenvalue weighted by atomic mass is 16.1. The third-order valence-electron chi connectivity index (χ3n) is 3.15. The molecule has 3 atom stereocenters. The summed E-state index contributed by atoms with van der Waals surface area (Å²) in [6.45, 7) is 3.20. The lowest BCUT2D eigenvalue weighted by molar-refractivity contribution is -0.122. The SMILES string of the molecule is CCCC(=O)NC1CC2CNC1C2. The molecule has 1 amide bonds. The van der Waals surface area contributed by atoms with E-state index in [0.29, 0.717) is 18.5 Å².